The van der Waals surface area contributed by atoms with Crippen LogP contribution in [-0.4, -0.2) is 32.9 Å². The van der Waals surface area contributed by atoms with Crippen LogP contribution in [0.4, 0.5) is 0 Å². The maximum absolute atomic E-state index is 12.0. The first-order valence-corrected chi connectivity index (χ1v) is 5.04. The molecule has 2 N–H and O–H groups in total. The Kier molecular flexibility index (Phi) is 3.34. The van der Waals surface area contributed by atoms with Gasteiger partial charge in [-0.05, 0) is 27.7 Å². The van der Waals surface area contributed by atoms with E-state index < -0.39 is 0 Å². The zero-order valence-corrected chi connectivity index (χ0v) is 9.50. The predicted octanol–water partition coefficient (Wildman–Crippen LogP) is 0.962. The van der Waals surface area contributed by atoms with E-state index in [2.05, 4.69) is 9.97 Å². The van der Waals surface area contributed by atoms with Crippen molar-refractivity contribution in [1.82, 2.24) is 14.9 Å². The van der Waals surface area contributed by atoms with Crippen LogP contribution in [0, 0.1) is 0 Å². The monoisotopic (exact) mass is 211 g/mol. The maximum Gasteiger partial charge on any atom is 0.323 e. The Bertz CT molecular complexity index is 381. The minimum Gasteiger partial charge on any atom is -0.332 e. The molecule has 15 heavy (non-hydrogen) atoms. The quantitative estimate of drug-likeness (QED) is 0.782. The van der Waals surface area contributed by atoms with E-state index in [0.717, 1.165) is 0 Å². The fourth-order valence-electron chi connectivity index (χ4n) is 1.65. The van der Waals surface area contributed by atoms with Crippen LogP contribution in [0.15, 0.2) is 11.0 Å². The highest BCUT2D eigenvalue weighted by molar-refractivity contribution is 5.92. The summed E-state index contributed by atoms with van der Waals surface area (Å²) in [6.07, 6.45) is 1.41. The van der Waals surface area contributed by atoms with Gasteiger partial charge in [-0.25, -0.2) is 4.79 Å². The molecule has 0 radical (unpaired) electrons. The van der Waals surface area contributed by atoms with Crippen molar-refractivity contribution >= 4 is 5.91 Å². The van der Waals surface area contributed by atoms with Crippen LogP contribution in [0.3, 0.4) is 0 Å². The van der Waals surface area contributed by atoms with Gasteiger partial charge in [0.2, 0.25) is 0 Å². The summed E-state index contributed by atoms with van der Waals surface area (Å²) in [7, 11) is 0. The average Bonchev–Trinajstić information content (AvgIpc) is 2.50. The third-order valence-corrected chi connectivity index (χ3v) is 2.17. The lowest BCUT2D eigenvalue weighted by Crippen LogP contribution is -2.42. The summed E-state index contributed by atoms with van der Waals surface area (Å²) in [6.45, 7) is 7.79. The van der Waals surface area contributed by atoms with E-state index >= 15 is 0 Å². The molecule has 0 aliphatic carbocycles. The Hall–Kier alpha value is -1.52. The number of carbonyl (C=O) groups is 1. The molecule has 1 aromatic rings. The van der Waals surface area contributed by atoms with Crippen molar-refractivity contribution in [3.05, 3.63) is 22.4 Å². The molecule has 0 atom stereocenters. The number of aromatic amines is 2. The molecule has 1 rings (SSSR count). The highest BCUT2D eigenvalue weighted by Crippen LogP contribution is 2.09. The van der Waals surface area contributed by atoms with Gasteiger partial charge in [0.25, 0.3) is 5.91 Å². The summed E-state index contributed by atoms with van der Waals surface area (Å²) in [5.41, 5.74) is -0.0480. The van der Waals surface area contributed by atoms with Crippen LogP contribution in [0.1, 0.15) is 38.2 Å². The van der Waals surface area contributed by atoms with Crippen molar-refractivity contribution in [2.75, 3.05) is 0 Å². The van der Waals surface area contributed by atoms with E-state index in [1.54, 1.807) is 4.90 Å². The standard InChI is InChI=1S/C10H17N3O2/c1-6(2)13(7(3)4)9(14)8-5-11-10(15)12-8/h5-7H,1-4H3,(H2,11,12,15). The molecule has 0 saturated carbocycles. The molecule has 1 amide bonds. The molecule has 0 bridgehead atoms. The number of rotatable bonds is 3. The fourth-order valence-corrected chi connectivity index (χ4v) is 1.65. The molecule has 1 heterocycles. The lowest BCUT2D eigenvalue weighted by atomic mass is 10.2. The first kappa shape index (κ1) is 11.6. The Morgan fingerprint density at radius 3 is 2.13 bits per heavy atom. The first-order chi connectivity index (χ1) is 6.93. The van der Waals surface area contributed by atoms with Crippen LogP contribution < -0.4 is 5.69 Å². The number of amides is 1. The molecular formula is C10H17N3O2. The van der Waals surface area contributed by atoms with E-state index in [1.165, 1.54) is 6.20 Å². The smallest absolute Gasteiger partial charge is 0.323 e. The third kappa shape index (κ3) is 2.49. The average molecular weight is 211 g/mol. The van der Waals surface area contributed by atoms with E-state index in [4.69, 9.17) is 0 Å². The van der Waals surface area contributed by atoms with Gasteiger partial charge >= 0.3 is 5.69 Å². The molecule has 5 nitrogen and oxygen atoms in total. The molecule has 5 heteroatoms. The zero-order chi connectivity index (χ0) is 11.6. The molecule has 1 aromatic heterocycles. The zero-order valence-electron chi connectivity index (χ0n) is 9.50. The largest absolute Gasteiger partial charge is 0.332 e. The number of carbonyl (C=O) groups excluding carboxylic acids is 1. The topological polar surface area (TPSA) is 69.0 Å². The molecule has 0 saturated heterocycles. The lowest BCUT2D eigenvalue weighted by Gasteiger charge is -2.30. The summed E-state index contributed by atoms with van der Waals surface area (Å²) >= 11 is 0. The Morgan fingerprint density at radius 1 is 1.27 bits per heavy atom. The number of hydrogen-bond donors (Lipinski definition) is 2. The molecule has 0 spiro atoms. The highest BCUT2D eigenvalue weighted by atomic mass is 16.2. The van der Waals surface area contributed by atoms with E-state index in [1.807, 2.05) is 27.7 Å². The minimum absolute atomic E-state index is 0.107. The van der Waals surface area contributed by atoms with Gasteiger partial charge in [0.1, 0.15) is 5.69 Å². The van der Waals surface area contributed by atoms with Crippen molar-refractivity contribution < 1.29 is 4.79 Å². The maximum atomic E-state index is 12.0. The molecule has 84 valence electrons. The van der Waals surface area contributed by atoms with Crippen molar-refractivity contribution in [2.45, 2.75) is 39.8 Å². The molecule has 0 fully saturated rings. The van der Waals surface area contributed by atoms with Crippen LogP contribution in [-0.2, 0) is 0 Å². The van der Waals surface area contributed by atoms with Gasteiger partial charge in [0.15, 0.2) is 0 Å². The summed E-state index contributed by atoms with van der Waals surface area (Å²) in [6, 6.07) is 0.215. The van der Waals surface area contributed by atoms with Crippen LogP contribution >= 0.6 is 0 Å². The molecule has 0 aromatic carbocycles. The fraction of sp³-hybridized carbons (Fsp3) is 0.600. The second-order valence-electron chi connectivity index (χ2n) is 4.06. The van der Waals surface area contributed by atoms with Gasteiger partial charge < -0.3 is 14.9 Å². The number of aromatic nitrogens is 2. The molecule has 0 aliphatic heterocycles. The lowest BCUT2D eigenvalue weighted by molar-refractivity contribution is 0.0638. The normalized spacial score (nSPS) is 11.1. The number of nitrogens with zero attached hydrogens (tertiary/aromatic N) is 1. The second-order valence-corrected chi connectivity index (χ2v) is 4.06. The predicted molar refractivity (Wildman–Crippen MR) is 57.9 cm³/mol. The van der Waals surface area contributed by atoms with E-state index in [9.17, 15) is 9.59 Å². The summed E-state index contributed by atoms with van der Waals surface area (Å²) < 4.78 is 0. The van der Waals surface area contributed by atoms with Gasteiger partial charge in [-0.1, -0.05) is 0 Å². The van der Waals surface area contributed by atoms with Crippen LogP contribution in [0.25, 0.3) is 0 Å². The van der Waals surface area contributed by atoms with E-state index in [-0.39, 0.29) is 23.7 Å². The highest BCUT2D eigenvalue weighted by Gasteiger charge is 2.22. The van der Waals surface area contributed by atoms with Crippen LogP contribution in [0.5, 0.6) is 0 Å². The van der Waals surface area contributed by atoms with Gasteiger partial charge in [-0.15, -0.1) is 0 Å². The first-order valence-electron chi connectivity index (χ1n) is 5.04. The summed E-state index contributed by atoms with van der Waals surface area (Å²) in [4.78, 5) is 29.5. The van der Waals surface area contributed by atoms with Crippen molar-refractivity contribution in [3.63, 3.8) is 0 Å². The molecular weight excluding hydrogens is 194 g/mol. The number of imidazole rings is 1. The SMILES string of the molecule is CC(C)N(C(=O)c1c[nH]c(=O)[nH]1)C(C)C. The third-order valence-electron chi connectivity index (χ3n) is 2.17. The van der Waals surface area contributed by atoms with Crippen molar-refractivity contribution in [1.29, 1.82) is 0 Å². The summed E-state index contributed by atoms with van der Waals surface area (Å²) in [5.74, 6) is -0.154. The van der Waals surface area contributed by atoms with Gasteiger partial charge in [-0.3, -0.25) is 4.79 Å². The summed E-state index contributed by atoms with van der Waals surface area (Å²) in [5, 5.41) is 0. The number of nitrogens with one attached hydrogen (secondary N) is 2. The van der Waals surface area contributed by atoms with Gasteiger partial charge in [-0.2, -0.15) is 0 Å². The van der Waals surface area contributed by atoms with Crippen LogP contribution in [0.2, 0.25) is 0 Å². The Labute approximate surface area is 88.5 Å². The minimum atomic E-state index is -0.356. The second kappa shape index (κ2) is 4.33. The van der Waals surface area contributed by atoms with Crippen molar-refractivity contribution in [2.24, 2.45) is 0 Å². The van der Waals surface area contributed by atoms with Gasteiger partial charge in [0, 0.05) is 18.3 Å². The number of hydrogen-bond acceptors (Lipinski definition) is 2. The van der Waals surface area contributed by atoms with E-state index in [0.29, 0.717) is 5.69 Å². The van der Waals surface area contributed by atoms with Gasteiger partial charge in [0.05, 0.1) is 0 Å². The molecule has 0 aliphatic rings. The molecule has 0 unspecified atom stereocenters. The number of H-pyrrole nitrogens is 2. The Morgan fingerprint density at radius 2 is 1.80 bits per heavy atom. The van der Waals surface area contributed by atoms with Crippen molar-refractivity contribution in [3.8, 4) is 0 Å². The Balaban J connectivity index is 2.96.